The Bertz CT molecular complexity index is 790. The highest BCUT2D eigenvalue weighted by Crippen LogP contribution is 2.25. The van der Waals surface area contributed by atoms with Gasteiger partial charge in [-0.3, -0.25) is 9.89 Å². The van der Waals surface area contributed by atoms with Gasteiger partial charge in [0.25, 0.3) is 5.91 Å². The van der Waals surface area contributed by atoms with Crippen LogP contribution in [0.3, 0.4) is 0 Å². The van der Waals surface area contributed by atoms with Crippen molar-refractivity contribution in [1.29, 1.82) is 0 Å². The zero-order chi connectivity index (χ0) is 14.8. The van der Waals surface area contributed by atoms with Gasteiger partial charge in [-0.15, -0.1) is 11.3 Å². The largest absolute Gasteiger partial charge is 0.477 e. The van der Waals surface area contributed by atoms with Crippen LogP contribution in [0.1, 0.15) is 21.0 Å². The number of carboxylic acids is 1. The summed E-state index contributed by atoms with van der Waals surface area (Å²) in [6, 6.07) is 6.42. The summed E-state index contributed by atoms with van der Waals surface area (Å²) in [4.78, 5) is 23.5. The topological polar surface area (TPSA) is 121 Å². The maximum atomic E-state index is 11.9. The van der Waals surface area contributed by atoms with Crippen LogP contribution in [-0.4, -0.2) is 32.3 Å². The summed E-state index contributed by atoms with van der Waals surface area (Å²) < 4.78 is 5.09. The molecular formula is C12H8N4O4S. The number of amides is 1. The fourth-order valence-electron chi connectivity index (χ4n) is 1.59. The smallest absolute Gasteiger partial charge is 0.353 e. The van der Waals surface area contributed by atoms with Crippen LogP contribution < -0.4 is 5.32 Å². The third kappa shape index (κ3) is 2.67. The number of carbonyl (C=O) groups is 2. The fraction of sp³-hybridized carbons (Fsp3) is 0. The number of aromatic carboxylic acids is 1. The average molecular weight is 304 g/mol. The molecule has 0 aromatic carbocycles. The maximum absolute atomic E-state index is 11.9. The second-order valence-corrected chi connectivity index (χ2v) is 4.93. The first kappa shape index (κ1) is 13.1. The van der Waals surface area contributed by atoms with Gasteiger partial charge in [0.05, 0.1) is 4.88 Å². The first-order valence-corrected chi connectivity index (χ1v) is 6.62. The Labute approximate surface area is 121 Å². The minimum Gasteiger partial charge on any atom is -0.477 e. The van der Waals surface area contributed by atoms with Crippen LogP contribution in [0.15, 0.2) is 34.2 Å². The molecule has 0 aliphatic carbocycles. The zero-order valence-electron chi connectivity index (χ0n) is 10.4. The van der Waals surface area contributed by atoms with E-state index in [0.717, 1.165) is 4.88 Å². The molecule has 0 aliphatic heterocycles. The van der Waals surface area contributed by atoms with E-state index in [2.05, 4.69) is 20.7 Å². The second-order valence-electron chi connectivity index (χ2n) is 3.98. The fourth-order valence-corrected chi connectivity index (χ4v) is 2.27. The van der Waals surface area contributed by atoms with Crippen molar-refractivity contribution in [3.63, 3.8) is 0 Å². The molecule has 0 saturated heterocycles. The number of anilines is 1. The number of aromatic nitrogens is 3. The lowest BCUT2D eigenvalue weighted by Gasteiger charge is -1.95. The highest BCUT2D eigenvalue weighted by atomic mass is 32.1. The van der Waals surface area contributed by atoms with Crippen LogP contribution >= 0.6 is 11.3 Å². The Morgan fingerprint density at radius 3 is 2.90 bits per heavy atom. The molecule has 0 saturated carbocycles. The van der Waals surface area contributed by atoms with Gasteiger partial charge >= 0.3 is 5.97 Å². The molecule has 3 N–H and O–H groups in total. The van der Waals surface area contributed by atoms with Crippen LogP contribution in [0.4, 0.5) is 5.82 Å². The van der Waals surface area contributed by atoms with E-state index in [4.69, 9.17) is 9.63 Å². The van der Waals surface area contributed by atoms with E-state index in [1.54, 1.807) is 0 Å². The molecule has 0 fully saturated rings. The number of hydrogen-bond donors (Lipinski definition) is 3. The van der Waals surface area contributed by atoms with Gasteiger partial charge in [0.15, 0.2) is 17.3 Å². The van der Waals surface area contributed by atoms with Gasteiger partial charge in [-0.05, 0) is 11.4 Å². The first-order chi connectivity index (χ1) is 10.1. The highest BCUT2D eigenvalue weighted by Gasteiger charge is 2.16. The molecule has 0 spiro atoms. The standard InChI is InChI=1S/C12H8N4O4S/c17-11(13-10-5-7(12(18)19)14-15-10)6-4-8(20-16-6)9-2-1-3-21-9/h1-5H,(H,18,19)(H2,13,14,15,17). The van der Waals surface area contributed by atoms with Crippen molar-refractivity contribution in [2.24, 2.45) is 0 Å². The van der Waals surface area contributed by atoms with E-state index in [9.17, 15) is 9.59 Å². The van der Waals surface area contributed by atoms with E-state index >= 15 is 0 Å². The summed E-state index contributed by atoms with van der Waals surface area (Å²) in [5.41, 5.74) is -0.0389. The van der Waals surface area contributed by atoms with Gasteiger partial charge in [0, 0.05) is 12.1 Å². The van der Waals surface area contributed by atoms with Gasteiger partial charge in [0.2, 0.25) is 0 Å². The van der Waals surface area contributed by atoms with Crippen molar-refractivity contribution in [1.82, 2.24) is 15.4 Å². The normalized spacial score (nSPS) is 10.5. The van der Waals surface area contributed by atoms with E-state index in [0.29, 0.717) is 5.76 Å². The predicted octanol–water partition coefficient (Wildman–Crippen LogP) is 2.08. The molecule has 106 valence electrons. The minimum atomic E-state index is -1.16. The summed E-state index contributed by atoms with van der Waals surface area (Å²) in [5.74, 6) is -1.11. The number of H-pyrrole nitrogens is 1. The van der Waals surface area contributed by atoms with Crippen LogP contribution in [0.25, 0.3) is 10.6 Å². The van der Waals surface area contributed by atoms with Crippen molar-refractivity contribution < 1.29 is 19.2 Å². The van der Waals surface area contributed by atoms with Crippen molar-refractivity contribution >= 4 is 29.0 Å². The van der Waals surface area contributed by atoms with E-state index in [-0.39, 0.29) is 17.2 Å². The first-order valence-electron chi connectivity index (χ1n) is 5.74. The summed E-state index contributed by atoms with van der Waals surface area (Å²) in [6.45, 7) is 0. The Morgan fingerprint density at radius 1 is 1.38 bits per heavy atom. The van der Waals surface area contributed by atoms with E-state index in [1.807, 2.05) is 17.5 Å². The maximum Gasteiger partial charge on any atom is 0.353 e. The lowest BCUT2D eigenvalue weighted by molar-refractivity contribution is 0.0690. The number of rotatable bonds is 4. The Balaban J connectivity index is 1.74. The van der Waals surface area contributed by atoms with Gasteiger partial charge in [-0.1, -0.05) is 11.2 Å². The summed E-state index contributed by atoms with van der Waals surface area (Å²) >= 11 is 1.46. The number of carbonyl (C=O) groups excluding carboxylic acids is 1. The number of hydrogen-bond acceptors (Lipinski definition) is 6. The molecule has 9 heteroatoms. The Hall–Kier alpha value is -2.94. The SMILES string of the molecule is O=C(Nc1cc(C(=O)O)[nH]n1)c1cc(-c2cccs2)on1. The second kappa shape index (κ2) is 5.21. The molecule has 3 rings (SSSR count). The van der Waals surface area contributed by atoms with Crippen molar-refractivity contribution in [3.8, 4) is 10.6 Å². The molecular weight excluding hydrogens is 296 g/mol. The lowest BCUT2D eigenvalue weighted by atomic mass is 10.3. The summed E-state index contributed by atoms with van der Waals surface area (Å²) in [7, 11) is 0. The Kier molecular flexibility index (Phi) is 3.24. The van der Waals surface area contributed by atoms with Crippen LogP contribution in [0.5, 0.6) is 0 Å². The number of aromatic amines is 1. The molecule has 0 radical (unpaired) electrons. The van der Waals surface area contributed by atoms with E-state index in [1.165, 1.54) is 23.5 Å². The van der Waals surface area contributed by atoms with Crippen LogP contribution in [0, 0.1) is 0 Å². The number of nitrogens with one attached hydrogen (secondary N) is 2. The van der Waals surface area contributed by atoms with Gasteiger partial charge in [-0.25, -0.2) is 4.79 Å². The average Bonchev–Trinajstić information content (AvgIpc) is 3.19. The van der Waals surface area contributed by atoms with Crippen LogP contribution in [0.2, 0.25) is 0 Å². The lowest BCUT2D eigenvalue weighted by Crippen LogP contribution is -2.12. The van der Waals surface area contributed by atoms with Gasteiger partial charge < -0.3 is 14.9 Å². The van der Waals surface area contributed by atoms with Crippen molar-refractivity contribution in [2.75, 3.05) is 5.32 Å². The van der Waals surface area contributed by atoms with Crippen molar-refractivity contribution in [3.05, 3.63) is 41.0 Å². The molecule has 0 bridgehead atoms. The third-order valence-corrected chi connectivity index (χ3v) is 3.44. The molecule has 0 atom stereocenters. The number of carboxylic acid groups (broad SMARTS) is 1. The zero-order valence-corrected chi connectivity index (χ0v) is 11.2. The van der Waals surface area contributed by atoms with Crippen LogP contribution in [-0.2, 0) is 0 Å². The molecule has 3 heterocycles. The Morgan fingerprint density at radius 2 is 2.24 bits per heavy atom. The molecule has 21 heavy (non-hydrogen) atoms. The third-order valence-electron chi connectivity index (χ3n) is 2.56. The predicted molar refractivity (Wildman–Crippen MR) is 73.3 cm³/mol. The van der Waals surface area contributed by atoms with E-state index < -0.39 is 11.9 Å². The molecule has 1 amide bonds. The molecule has 0 unspecified atom stereocenters. The quantitative estimate of drug-likeness (QED) is 0.678. The number of thiophene rings is 1. The molecule has 3 aromatic rings. The summed E-state index contributed by atoms with van der Waals surface area (Å²) in [5, 5.41) is 22.7. The summed E-state index contributed by atoms with van der Waals surface area (Å²) in [6.07, 6.45) is 0. The highest BCUT2D eigenvalue weighted by molar-refractivity contribution is 7.13. The van der Waals surface area contributed by atoms with Crippen molar-refractivity contribution in [2.45, 2.75) is 0 Å². The monoisotopic (exact) mass is 304 g/mol. The molecule has 0 aliphatic rings. The number of nitrogens with zero attached hydrogens (tertiary/aromatic N) is 2. The molecule has 8 nitrogen and oxygen atoms in total. The molecule has 3 aromatic heterocycles. The van der Waals surface area contributed by atoms with Gasteiger partial charge in [0.1, 0.15) is 5.69 Å². The van der Waals surface area contributed by atoms with Gasteiger partial charge in [-0.2, -0.15) is 5.10 Å². The minimum absolute atomic E-state index is 0.0817.